The SMILES string of the molecule is C=CCO[C@@]12Oc3ccc(OCc4cccc(C)n4)cc3[C@H]3[C@H](CCCCO)[C@@H](CCCCO)C=C(C(=NOCC)C[C@@H]1SCCc1ccncc1)[C@H]32. The number of rotatable bonds is 20. The molecule has 2 aromatic heterocycles. The average molecular weight is 742 g/mol. The molecule has 10 heteroatoms. The van der Waals surface area contributed by atoms with Gasteiger partial charge in [-0.2, -0.15) is 11.8 Å². The van der Waals surface area contributed by atoms with E-state index in [1.165, 1.54) is 5.56 Å². The Morgan fingerprint density at radius 2 is 1.87 bits per heavy atom. The lowest BCUT2D eigenvalue weighted by molar-refractivity contribution is -0.223. The van der Waals surface area contributed by atoms with Gasteiger partial charge in [0.2, 0.25) is 5.79 Å². The number of fused-ring (bicyclic) bond motifs is 2. The third-order valence-corrected chi connectivity index (χ3v) is 12.1. The number of hydrogen-bond donors (Lipinski definition) is 2. The molecular weight excluding hydrogens is 687 g/mol. The van der Waals surface area contributed by atoms with Crippen LogP contribution in [-0.4, -0.2) is 69.1 Å². The van der Waals surface area contributed by atoms with Gasteiger partial charge in [-0.15, -0.1) is 6.58 Å². The van der Waals surface area contributed by atoms with Crippen LogP contribution in [0.4, 0.5) is 0 Å². The second-order valence-electron chi connectivity index (χ2n) is 14.2. The fourth-order valence-corrected chi connectivity index (χ4v) is 9.82. The number of unbranched alkanes of at least 4 members (excludes halogenated alkanes) is 2. The van der Waals surface area contributed by atoms with Crippen molar-refractivity contribution in [1.29, 1.82) is 0 Å². The fourth-order valence-electron chi connectivity index (χ4n) is 8.41. The summed E-state index contributed by atoms with van der Waals surface area (Å²) in [6.07, 6.45) is 14.6. The van der Waals surface area contributed by atoms with Crippen molar-refractivity contribution in [2.45, 2.75) is 88.8 Å². The lowest BCUT2D eigenvalue weighted by Crippen LogP contribution is -2.64. The molecule has 3 heterocycles. The van der Waals surface area contributed by atoms with E-state index < -0.39 is 5.79 Å². The van der Waals surface area contributed by atoms with Crippen LogP contribution in [0, 0.1) is 24.7 Å². The lowest BCUT2D eigenvalue weighted by Gasteiger charge is -2.58. The number of aromatic nitrogens is 2. The number of aliphatic hydroxyl groups excluding tert-OH is 2. The molecule has 6 atom stereocenters. The van der Waals surface area contributed by atoms with Gasteiger partial charge in [-0.1, -0.05) is 36.2 Å². The Balaban J connectivity index is 1.47. The van der Waals surface area contributed by atoms with Crippen LogP contribution >= 0.6 is 11.8 Å². The molecule has 53 heavy (non-hydrogen) atoms. The van der Waals surface area contributed by atoms with Gasteiger partial charge in [-0.05, 0) is 117 Å². The zero-order chi connectivity index (χ0) is 37.0. The van der Waals surface area contributed by atoms with Gasteiger partial charge in [0.25, 0.3) is 0 Å². The van der Waals surface area contributed by atoms with E-state index in [0.717, 1.165) is 90.4 Å². The summed E-state index contributed by atoms with van der Waals surface area (Å²) >= 11 is 1.87. The van der Waals surface area contributed by atoms with Gasteiger partial charge in [0.05, 0.1) is 29.2 Å². The van der Waals surface area contributed by atoms with Crippen molar-refractivity contribution in [2.24, 2.45) is 22.9 Å². The Kier molecular flexibility index (Phi) is 14.0. The number of aliphatic hydroxyl groups is 2. The molecule has 3 aliphatic rings. The molecular formula is C43H55N3O6S. The number of aryl methyl sites for hydroxylation is 2. The van der Waals surface area contributed by atoms with E-state index in [1.54, 1.807) is 0 Å². The minimum atomic E-state index is -0.995. The van der Waals surface area contributed by atoms with Crippen LogP contribution in [0.25, 0.3) is 0 Å². The van der Waals surface area contributed by atoms with E-state index in [1.807, 2.05) is 68.3 Å². The van der Waals surface area contributed by atoms with Gasteiger partial charge in [0.1, 0.15) is 24.7 Å². The van der Waals surface area contributed by atoms with Crippen LogP contribution in [-0.2, 0) is 22.6 Å². The zero-order valence-electron chi connectivity index (χ0n) is 31.2. The first kappa shape index (κ1) is 39.0. The summed E-state index contributed by atoms with van der Waals surface area (Å²) in [7, 11) is 0. The summed E-state index contributed by atoms with van der Waals surface area (Å²) in [4.78, 5) is 14.7. The minimum Gasteiger partial charge on any atom is -0.487 e. The number of allylic oxidation sites excluding steroid dienone is 1. The monoisotopic (exact) mass is 741 g/mol. The highest BCUT2D eigenvalue weighted by atomic mass is 32.2. The molecule has 1 saturated carbocycles. The largest absolute Gasteiger partial charge is 0.487 e. The number of thioether (sulfide) groups is 1. The van der Waals surface area contributed by atoms with Crippen LogP contribution in [0.15, 0.2) is 90.4 Å². The number of ether oxygens (including phenoxy) is 3. The van der Waals surface area contributed by atoms with Crippen molar-refractivity contribution in [3.63, 3.8) is 0 Å². The highest BCUT2D eigenvalue weighted by molar-refractivity contribution is 8.00. The number of oxime groups is 1. The Morgan fingerprint density at radius 1 is 1.06 bits per heavy atom. The third kappa shape index (κ3) is 9.16. The highest BCUT2D eigenvalue weighted by Crippen LogP contribution is 2.62. The van der Waals surface area contributed by atoms with E-state index in [0.29, 0.717) is 26.2 Å². The summed E-state index contributed by atoms with van der Waals surface area (Å²) in [6.45, 7) is 9.50. The van der Waals surface area contributed by atoms with E-state index in [4.69, 9.17) is 24.2 Å². The molecule has 0 radical (unpaired) electrons. The van der Waals surface area contributed by atoms with Crippen LogP contribution < -0.4 is 9.47 Å². The molecule has 6 rings (SSSR count). The molecule has 1 fully saturated rings. The number of nitrogens with zero attached hydrogens (tertiary/aromatic N) is 3. The molecule has 0 bridgehead atoms. The smallest absolute Gasteiger partial charge is 0.230 e. The first-order valence-corrected chi connectivity index (χ1v) is 20.3. The number of benzene rings is 1. The maximum Gasteiger partial charge on any atom is 0.230 e. The standard InChI is InChI=1S/C43H55N3O6S/c1-4-24-50-43-40(53-25-19-31-17-20-44-21-18-31)28-38(46-51-5-2)36-26-32(12-6-8-22-47)35(14-7-9-23-48)41(42(36)43)37-27-34(15-16-39(37)52-43)49-29-33-13-10-11-30(3)45-33/h4,10-11,13,15-18,20-21,26-27,32,35,40-42,47-48H,1,5-9,12,14,19,22-25,28-29H2,2-3H3/t32-,35+,40-,41+,42+,43+/m0/s1. The zero-order valence-corrected chi connectivity index (χ0v) is 32.0. The molecule has 2 aliphatic carbocycles. The normalized spacial score (nSPS) is 25.2. The first-order chi connectivity index (χ1) is 26.0. The molecule has 9 nitrogen and oxygen atoms in total. The molecule has 0 amide bonds. The van der Waals surface area contributed by atoms with Gasteiger partial charge in [-0.25, -0.2) is 0 Å². The van der Waals surface area contributed by atoms with Crippen molar-refractivity contribution >= 4 is 17.5 Å². The first-order valence-electron chi connectivity index (χ1n) is 19.3. The highest BCUT2D eigenvalue weighted by Gasteiger charge is 2.63. The Morgan fingerprint density at radius 3 is 2.62 bits per heavy atom. The molecule has 1 aromatic carbocycles. The Labute approximate surface area is 318 Å². The van der Waals surface area contributed by atoms with E-state index in [9.17, 15) is 10.2 Å². The predicted octanol–water partition coefficient (Wildman–Crippen LogP) is 7.99. The van der Waals surface area contributed by atoms with Crippen LogP contribution in [0.5, 0.6) is 11.5 Å². The molecule has 1 aliphatic heterocycles. The second-order valence-corrected chi connectivity index (χ2v) is 15.5. The van der Waals surface area contributed by atoms with E-state index >= 15 is 0 Å². The summed E-state index contributed by atoms with van der Waals surface area (Å²) in [5.74, 6) is 1.73. The van der Waals surface area contributed by atoms with Crippen LogP contribution in [0.2, 0.25) is 0 Å². The summed E-state index contributed by atoms with van der Waals surface area (Å²) in [6, 6.07) is 16.3. The minimum absolute atomic E-state index is 0.0115. The summed E-state index contributed by atoms with van der Waals surface area (Å²) in [5, 5.41) is 24.3. The summed E-state index contributed by atoms with van der Waals surface area (Å²) in [5.41, 5.74) is 6.25. The van der Waals surface area contributed by atoms with Crippen molar-refractivity contribution in [1.82, 2.24) is 9.97 Å². The lowest BCUT2D eigenvalue weighted by atomic mass is 9.56. The van der Waals surface area contributed by atoms with Gasteiger partial charge < -0.3 is 29.3 Å². The van der Waals surface area contributed by atoms with Crippen LogP contribution in [0.3, 0.4) is 0 Å². The Bertz CT molecular complexity index is 1700. The number of pyridine rings is 2. The van der Waals surface area contributed by atoms with Crippen molar-refractivity contribution < 1.29 is 29.3 Å². The molecule has 0 spiro atoms. The fraction of sp³-hybridized carbons (Fsp3) is 0.512. The maximum atomic E-state index is 9.87. The predicted molar refractivity (Wildman–Crippen MR) is 210 cm³/mol. The van der Waals surface area contributed by atoms with Crippen molar-refractivity contribution in [3.05, 3.63) is 108 Å². The Hall–Kier alpha value is -3.70. The average Bonchev–Trinajstić information content (AvgIpc) is 3.18. The third-order valence-electron chi connectivity index (χ3n) is 10.7. The van der Waals surface area contributed by atoms with Gasteiger partial charge in [0, 0.05) is 49.2 Å². The summed E-state index contributed by atoms with van der Waals surface area (Å²) < 4.78 is 20.7. The van der Waals surface area contributed by atoms with E-state index in [-0.39, 0.29) is 42.1 Å². The second kappa shape index (κ2) is 19.1. The van der Waals surface area contributed by atoms with Crippen LogP contribution in [0.1, 0.15) is 80.3 Å². The quantitative estimate of drug-likeness (QED) is 0.0676. The maximum absolute atomic E-state index is 9.87. The van der Waals surface area contributed by atoms with Gasteiger partial charge in [0.15, 0.2) is 0 Å². The van der Waals surface area contributed by atoms with Crippen molar-refractivity contribution in [3.8, 4) is 11.5 Å². The van der Waals surface area contributed by atoms with Crippen molar-refractivity contribution in [2.75, 3.05) is 32.2 Å². The van der Waals surface area contributed by atoms with Gasteiger partial charge >= 0.3 is 0 Å². The number of hydrogen-bond acceptors (Lipinski definition) is 10. The topological polar surface area (TPSA) is 116 Å². The van der Waals surface area contributed by atoms with E-state index in [2.05, 4.69) is 46.9 Å². The molecule has 2 N–H and O–H groups in total. The molecule has 0 saturated heterocycles. The molecule has 3 aromatic rings. The molecule has 284 valence electrons. The van der Waals surface area contributed by atoms with Gasteiger partial charge in [-0.3, -0.25) is 9.97 Å². The molecule has 0 unspecified atom stereocenters.